The Hall–Kier alpha value is -1.03. The van der Waals surface area contributed by atoms with E-state index in [1.807, 2.05) is 0 Å². The molecule has 1 aromatic heterocycles. The molecule has 1 aromatic rings. The highest BCUT2D eigenvalue weighted by Crippen LogP contribution is 2.29. The van der Waals surface area contributed by atoms with Gasteiger partial charge in [-0.05, 0) is 25.2 Å². The van der Waals surface area contributed by atoms with Gasteiger partial charge < -0.3 is 10.6 Å². The minimum absolute atomic E-state index is 0.353. The van der Waals surface area contributed by atoms with Gasteiger partial charge in [0.05, 0.1) is 0 Å². The Kier molecular flexibility index (Phi) is 4.05. The molecular weight excluding hydrogens is 236 g/mol. The molecule has 4 nitrogen and oxygen atoms in total. The van der Waals surface area contributed by atoms with Crippen LogP contribution in [0.25, 0.3) is 0 Å². The van der Waals surface area contributed by atoms with Gasteiger partial charge in [-0.1, -0.05) is 24.9 Å². The molecule has 5 heteroatoms. The standard InChI is InChI=1S/C12H19ClN4/c1-2-9-4-3-6-17(7-5-9)12-10(14)11(13)15-8-16-12/h8-9H,2-7,14H2,1H3. The molecule has 1 aliphatic heterocycles. The second kappa shape index (κ2) is 5.54. The molecule has 0 spiro atoms. The van der Waals surface area contributed by atoms with Gasteiger partial charge in [0.2, 0.25) is 0 Å². The molecule has 94 valence electrons. The largest absolute Gasteiger partial charge is 0.393 e. The van der Waals surface area contributed by atoms with E-state index in [-0.39, 0.29) is 0 Å². The highest BCUT2D eigenvalue weighted by molar-refractivity contribution is 6.32. The fourth-order valence-corrected chi connectivity index (χ4v) is 2.53. The molecule has 2 N–H and O–H groups in total. The normalized spacial score (nSPS) is 21.3. The number of rotatable bonds is 2. The van der Waals surface area contributed by atoms with Crippen LogP contribution in [0.4, 0.5) is 11.5 Å². The molecule has 0 radical (unpaired) electrons. The lowest BCUT2D eigenvalue weighted by Crippen LogP contribution is -2.26. The van der Waals surface area contributed by atoms with Crippen molar-refractivity contribution >= 4 is 23.1 Å². The van der Waals surface area contributed by atoms with Gasteiger partial charge in [-0.25, -0.2) is 9.97 Å². The van der Waals surface area contributed by atoms with Crippen molar-refractivity contribution in [2.45, 2.75) is 32.6 Å². The van der Waals surface area contributed by atoms with E-state index in [0.29, 0.717) is 10.8 Å². The van der Waals surface area contributed by atoms with Crippen molar-refractivity contribution in [3.8, 4) is 0 Å². The van der Waals surface area contributed by atoms with Crippen LogP contribution in [0.1, 0.15) is 32.6 Å². The summed E-state index contributed by atoms with van der Waals surface area (Å²) in [7, 11) is 0. The molecule has 17 heavy (non-hydrogen) atoms. The third kappa shape index (κ3) is 2.80. The van der Waals surface area contributed by atoms with Crippen LogP contribution >= 0.6 is 11.6 Å². The predicted molar refractivity (Wildman–Crippen MR) is 71.3 cm³/mol. The van der Waals surface area contributed by atoms with E-state index in [9.17, 15) is 0 Å². The molecule has 0 bridgehead atoms. The number of hydrogen-bond donors (Lipinski definition) is 1. The van der Waals surface area contributed by atoms with E-state index in [1.165, 1.54) is 32.0 Å². The number of nitrogen functional groups attached to an aromatic ring is 1. The van der Waals surface area contributed by atoms with E-state index < -0.39 is 0 Å². The maximum Gasteiger partial charge on any atom is 0.157 e. The lowest BCUT2D eigenvalue weighted by Gasteiger charge is -2.23. The lowest BCUT2D eigenvalue weighted by molar-refractivity contribution is 0.459. The van der Waals surface area contributed by atoms with Gasteiger partial charge in [-0.3, -0.25) is 0 Å². The summed E-state index contributed by atoms with van der Waals surface area (Å²) in [6.45, 7) is 4.28. The Morgan fingerprint density at radius 2 is 2.24 bits per heavy atom. The van der Waals surface area contributed by atoms with Gasteiger partial charge in [0.15, 0.2) is 11.0 Å². The Labute approximate surface area is 107 Å². The van der Waals surface area contributed by atoms with Crippen molar-refractivity contribution in [1.29, 1.82) is 0 Å². The van der Waals surface area contributed by atoms with E-state index in [2.05, 4.69) is 21.8 Å². The van der Waals surface area contributed by atoms with Crippen molar-refractivity contribution < 1.29 is 0 Å². The van der Waals surface area contributed by atoms with Gasteiger partial charge in [-0.2, -0.15) is 0 Å². The fraction of sp³-hybridized carbons (Fsp3) is 0.667. The summed E-state index contributed by atoms with van der Waals surface area (Å²) in [5.41, 5.74) is 6.44. The van der Waals surface area contributed by atoms with Crippen LogP contribution in [0.3, 0.4) is 0 Å². The third-order valence-electron chi connectivity index (χ3n) is 3.54. The van der Waals surface area contributed by atoms with Crippen LogP contribution in [-0.2, 0) is 0 Å². The molecule has 1 fully saturated rings. The molecule has 2 rings (SSSR count). The van der Waals surface area contributed by atoms with E-state index >= 15 is 0 Å². The minimum Gasteiger partial charge on any atom is -0.393 e. The first-order valence-electron chi connectivity index (χ1n) is 6.23. The highest BCUT2D eigenvalue weighted by atomic mass is 35.5. The minimum atomic E-state index is 0.353. The van der Waals surface area contributed by atoms with Crippen LogP contribution in [0, 0.1) is 5.92 Å². The lowest BCUT2D eigenvalue weighted by atomic mass is 9.98. The molecule has 0 amide bonds. The van der Waals surface area contributed by atoms with Crippen molar-refractivity contribution in [3.05, 3.63) is 11.5 Å². The van der Waals surface area contributed by atoms with Crippen LogP contribution in [-0.4, -0.2) is 23.1 Å². The Balaban J connectivity index is 2.14. The number of anilines is 2. The first-order chi connectivity index (χ1) is 8.22. The van der Waals surface area contributed by atoms with E-state index in [1.54, 1.807) is 0 Å². The monoisotopic (exact) mass is 254 g/mol. The number of halogens is 1. The summed E-state index contributed by atoms with van der Waals surface area (Å²) in [5.74, 6) is 1.63. The summed E-state index contributed by atoms with van der Waals surface area (Å²) in [5, 5.41) is 0.353. The zero-order valence-electron chi connectivity index (χ0n) is 10.2. The zero-order chi connectivity index (χ0) is 12.3. The van der Waals surface area contributed by atoms with Gasteiger partial charge in [-0.15, -0.1) is 0 Å². The average molecular weight is 255 g/mol. The number of nitrogens with zero attached hydrogens (tertiary/aromatic N) is 3. The summed E-state index contributed by atoms with van der Waals surface area (Å²) in [6, 6.07) is 0. The molecular formula is C12H19ClN4. The molecule has 1 saturated heterocycles. The van der Waals surface area contributed by atoms with Crippen LogP contribution < -0.4 is 10.6 Å². The average Bonchev–Trinajstić information content (AvgIpc) is 2.58. The van der Waals surface area contributed by atoms with Crippen molar-refractivity contribution in [3.63, 3.8) is 0 Å². The molecule has 0 aromatic carbocycles. The maximum absolute atomic E-state index is 5.93. The van der Waals surface area contributed by atoms with Crippen molar-refractivity contribution in [1.82, 2.24) is 9.97 Å². The molecule has 0 aliphatic carbocycles. The van der Waals surface area contributed by atoms with Crippen LogP contribution in [0.5, 0.6) is 0 Å². The smallest absolute Gasteiger partial charge is 0.157 e. The van der Waals surface area contributed by atoms with Crippen LogP contribution in [0.15, 0.2) is 6.33 Å². The van der Waals surface area contributed by atoms with E-state index in [0.717, 1.165) is 24.8 Å². The highest BCUT2D eigenvalue weighted by Gasteiger charge is 2.19. The van der Waals surface area contributed by atoms with Gasteiger partial charge in [0.1, 0.15) is 12.0 Å². The second-order valence-electron chi connectivity index (χ2n) is 4.59. The summed E-state index contributed by atoms with van der Waals surface area (Å²) >= 11 is 5.93. The number of aromatic nitrogens is 2. The first-order valence-corrected chi connectivity index (χ1v) is 6.61. The van der Waals surface area contributed by atoms with E-state index in [4.69, 9.17) is 17.3 Å². The Morgan fingerprint density at radius 1 is 1.41 bits per heavy atom. The Bertz CT molecular complexity index is 383. The predicted octanol–water partition coefficient (Wildman–Crippen LogP) is 2.73. The first kappa shape index (κ1) is 12.4. The maximum atomic E-state index is 5.93. The third-order valence-corrected chi connectivity index (χ3v) is 3.84. The SMILES string of the molecule is CCC1CCCN(c2ncnc(Cl)c2N)CC1. The zero-order valence-corrected chi connectivity index (χ0v) is 11.0. The Morgan fingerprint density at radius 3 is 3.00 bits per heavy atom. The van der Waals surface area contributed by atoms with Crippen molar-refractivity contribution in [2.24, 2.45) is 5.92 Å². The van der Waals surface area contributed by atoms with Crippen LogP contribution in [0.2, 0.25) is 5.15 Å². The topological polar surface area (TPSA) is 55.0 Å². The number of hydrogen-bond acceptors (Lipinski definition) is 4. The number of nitrogens with two attached hydrogens (primary N) is 1. The summed E-state index contributed by atoms with van der Waals surface area (Å²) in [6.07, 6.45) is 6.44. The van der Waals surface area contributed by atoms with Gasteiger partial charge >= 0.3 is 0 Å². The van der Waals surface area contributed by atoms with Crippen molar-refractivity contribution in [2.75, 3.05) is 23.7 Å². The van der Waals surface area contributed by atoms with Gasteiger partial charge in [0.25, 0.3) is 0 Å². The molecule has 1 unspecified atom stereocenters. The second-order valence-corrected chi connectivity index (χ2v) is 4.95. The fourth-order valence-electron chi connectivity index (χ4n) is 2.40. The molecule has 1 atom stereocenters. The van der Waals surface area contributed by atoms with Gasteiger partial charge in [0, 0.05) is 13.1 Å². The molecule has 1 aliphatic rings. The summed E-state index contributed by atoms with van der Waals surface area (Å²) < 4.78 is 0. The quantitative estimate of drug-likeness (QED) is 0.825. The summed E-state index contributed by atoms with van der Waals surface area (Å²) in [4.78, 5) is 10.4. The molecule has 2 heterocycles. The molecule has 0 saturated carbocycles.